The zero-order chi connectivity index (χ0) is 11.5. The van der Waals surface area contributed by atoms with Crippen LogP contribution in [0.15, 0.2) is 42.6 Å². The van der Waals surface area contributed by atoms with Crippen molar-refractivity contribution in [3.8, 4) is 0 Å². The molecule has 0 atom stereocenters. The second-order valence-corrected chi connectivity index (χ2v) is 4.66. The number of carbonyl (C=O) groups excluding carboxylic acids is 1. The number of benzene rings is 1. The van der Waals surface area contributed by atoms with Crippen LogP contribution in [0.25, 0.3) is 0 Å². The summed E-state index contributed by atoms with van der Waals surface area (Å²) in [5, 5.41) is 0. The van der Waals surface area contributed by atoms with E-state index in [-0.39, 0.29) is 5.78 Å². The average Bonchev–Trinajstić information content (AvgIpc) is 2.30. The molecule has 0 aliphatic rings. The van der Waals surface area contributed by atoms with Gasteiger partial charge in [-0.2, -0.15) is 0 Å². The summed E-state index contributed by atoms with van der Waals surface area (Å²) in [4.78, 5) is 16.3. The van der Waals surface area contributed by atoms with E-state index in [4.69, 9.17) is 0 Å². The van der Waals surface area contributed by atoms with Crippen molar-refractivity contribution in [1.82, 2.24) is 4.98 Å². The summed E-state index contributed by atoms with van der Waals surface area (Å²) in [7, 11) is 0. The smallest absolute Gasteiger partial charge is 0.195 e. The Bertz CT molecular complexity index is 520. The molecule has 2 rings (SSSR count). The van der Waals surface area contributed by atoms with Gasteiger partial charge in [-0.3, -0.25) is 9.78 Å². The molecule has 1 heterocycles. The van der Waals surface area contributed by atoms with Gasteiger partial charge in [0.15, 0.2) is 5.78 Å². The lowest BCUT2D eigenvalue weighted by Gasteiger charge is -2.03. The molecule has 3 heteroatoms. The molecule has 80 valence electrons. The first-order valence-corrected chi connectivity index (χ1v) is 5.98. The molecule has 2 nitrogen and oxygen atoms in total. The monoisotopic (exact) mass is 323 g/mol. The maximum Gasteiger partial charge on any atom is 0.195 e. The van der Waals surface area contributed by atoms with Gasteiger partial charge in [0.1, 0.15) is 0 Å². The van der Waals surface area contributed by atoms with Crippen molar-refractivity contribution in [3.05, 3.63) is 63.0 Å². The van der Waals surface area contributed by atoms with Crippen LogP contribution in [0.3, 0.4) is 0 Å². The number of hydrogen-bond acceptors (Lipinski definition) is 2. The minimum absolute atomic E-state index is 0.0255. The Labute approximate surface area is 108 Å². The highest BCUT2D eigenvalue weighted by atomic mass is 127. The third-order valence-electron chi connectivity index (χ3n) is 2.29. The van der Waals surface area contributed by atoms with Gasteiger partial charge in [0.05, 0.1) is 0 Å². The lowest BCUT2D eigenvalue weighted by molar-refractivity contribution is 0.103. The van der Waals surface area contributed by atoms with Gasteiger partial charge in [-0.15, -0.1) is 0 Å². The number of pyridine rings is 1. The van der Waals surface area contributed by atoms with Crippen molar-refractivity contribution in [3.63, 3.8) is 0 Å². The van der Waals surface area contributed by atoms with Crippen molar-refractivity contribution < 1.29 is 4.79 Å². The van der Waals surface area contributed by atoms with Crippen molar-refractivity contribution in [2.75, 3.05) is 0 Å². The fourth-order valence-corrected chi connectivity index (χ4v) is 2.04. The quantitative estimate of drug-likeness (QED) is 0.627. The van der Waals surface area contributed by atoms with Gasteiger partial charge in [-0.1, -0.05) is 12.1 Å². The molecular weight excluding hydrogens is 313 g/mol. The molecule has 0 aliphatic carbocycles. The zero-order valence-electron chi connectivity index (χ0n) is 8.77. The molecule has 1 aromatic carbocycles. The fraction of sp³-hybridized carbons (Fsp3) is 0.0769. The van der Waals surface area contributed by atoms with Crippen LogP contribution in [-0.2, 0) is 0 Å². The Morgan fingerprint density at radius 2 is 1.94 bits per heavy atom. The second-order valence-electron chi connectivity index (χ2n) is 3.50. The largest absolute Gasteiger partial charge is 0.289 e. The van der Waals surface area contributed by atoms with Gasteiger partial charge >= 0.3 is 0 Å². The van der Waals surface area contributed by atoms with Gasteiger partial charge < -0.3 is 0 Å². The maximum absolute atomic E-state index is 12.1. The highest BCUT2D eigenvalue weighted by Crippen LogP contribution is 2.15. The minimum Gasteiger partial charge on any atom is -0.289 e. The van der Waals surface area contributed by atoms with Gasteiger partial charge in [0, 0.05) is 26.6 Å². The standard InChI is InChI=1S/C13H10INO/c1-9-6-7-10(8-15-9)13(16)11-4-2-3-5-12(11)14/h2-8H,1H3. The molecule has 0 N–H and O–H groups in total. The fourth-order valence-electron chi connectivity index (χ4n) is 1.40. The normalized spacial score (nSPS) is 10.1. The first kappa shape index (κ1) is 11.3. The predicted molar refractivity (Wildman–Crippen MR) is 71.6 cm³/mol. The molecule has 16 heavy (non-hydrogen) atoms. The lowest BCUT2D eigenvalue weighted by Crippen LogP contribution is -2.04. The average molecular weight is 323 g/mol. The summed E-state index contributed by atoms with van der Waals surface area (Å²) in [5.41, 5.74) is 2.28. The molecule has 0 bridgehead atoms. The molecule has 0 spiro atoms. The molecule has 0 aliphatic heterocycles. The van der Waals surface area contributed by atoms with Crippen molar-refractivity contribution >= 4 is 28.4 Å². The van der Waals surface area contributed by atoms with E-state index < -0.39 is 0 Å². The van der Waals surface area contributed by atoms with E-state index in [1.54, 1.807) is 6.20 Å². The highest BCUT2D eigenvalue weighted by molar-refractivity contribution is 14.1. The lowest BCUT2D eigenvalue weighted by atomic mass is 10.1. The van der Waals surface area contributed by atoms with Crippen LogP contribution in [0.2, 0.25) is 0 Å². The van der Waals surface area contributed by atoms with Gasteiger partial charge in [0.25, 0.3) is 0 Å². The summed E-state index contributed by atoms with van der Waals surface area (Å²) >= 11 is 2.17. The molecule has 0 unspecified atom stereocenters. The van der Waals surface area contributed by atoms with E-state index in [0.29, 0.717) is 5.56 Å². The third kappa shape index (κ3) is 2.29. The van der Waals surface area contributed by atoms with E-state index in [1.807, 2.05) is 43.3 Å². The number of rotatable bonds is 2. The van der Waals surface area contributed by atoms with Crippen molar-refractivity contribution in [2.24, 2.45) is 0 Å². The van der Waals surface area contributed by atoms with Crippen LogP contribution in [0, 0.1) is 10.5 Å². The molecule has 0 saturated carbocycles. The molecular formula is C13H10INO. The van der Waals surface area contributed by atoms with E-state index in [0.717, 1.165) is 14.8 Å². The summed E-state index contributed by atoms with van der Waals surface area (Å²) in [6.07, 6.45) is 1.63. The van der Waals surface area contributed by atoms with Crippen molar-refractivity contribution in [1.29, 1.82) is 0 Å². The number of carbonyl (C=O) groups is 1. The number of ketones is 1. The number of nitrogens with zero attached hydrogens (tertiary/aromatic N) is 1. The molecule has 0 saturated heterocycles. The minimum atomic E-state index is 0.0255. The summed E-state index contributed by atoms with van der Waals surface area (Å²) in [5.74, 6) is 0.0255. The Hall–Kier alpha value is -1.23. The molecule has 0 radical (unpaired) electrons. The SMILES string of the molecule is Cc1ccc(C(=O)c2ccccc2I)cn1. The van der Waals surface area contributed by atoms with Crippen LogP contribution in [0.4, 0.5) is 0 Å². The number of halogens is 1. The Morgan fingerprint density at radius 1 is 1.19 bits per heavy atom. The maximum atomic E-state index is 12.1. The predicted octanol–water partition coefficient (Wildman–Crippen LogP) is 3.23. The van der Waals surface area contributed by atoms with Crippen LogP contribution >= 0.6 is 22.6 Å². The summed E-state index contributed by atoms with van der Waals surface area (Å²) in [6.45, 7) is 1.90. The van der Waals surface area contributed by atoms with Crippen LogP contribution in [-0.4, -0.2) is 10.8 Å². The molecule has 1 aromatic heterocycles. The second kappa shape index (κ2) is 4.74. The Kier molecular flexibility index (Phi) is 3.33. The third-order valence-corrected chi connectivity index (χ3v) is 3.23. The van der Waals surface area contributed by atoms with Gasteiger partial charge in [0.2, 0.25) is 0 Å². The number of aryl methyl sites for hydroxylation is 1. The van der Waals surface area contributed by atoms with Crippen molar-refractivity contribution in [2.45, 2.75) is 6.92 Å². The van der Waals surface area contributed by atoms with E-state index in [9.17, 15) is 4.79 Å². The van der Waals surface area contributed by atoms with E-state index in [1.165, 1.54) is 0 Å². The first-order valence-electron chi connectivity index (χ1n) is 4.90. The zero-order valence-corrected chi connectivity index (χ0v) is 10.9. The summed E-state index contributed by atoms with van der Waals surface area (Å²) in [6, 6.07) is 11.2. The van der Waals surface area contributed by atoms with Gasteiger partial charge in [-0.25, -0.2) is 0 Å². The number of aromatic nitrogens is 1. The molecule has 0 amide bonds. The summed E-state index contributed by atoms with van der Waals surface area (Å²) < 4.78 is 0.964. The van der Waals surface area contributed by atoms with Crippen LogP contribution in [0.5, 0.6) is 0 Å². The van der Waals surface area contributed by atoms with Gasteiger partial charge in [-0.05, 0) is 53.8 Å². The van der Waals surface area contributed by atoms with E-state index >= 15 is 0 Å². The number of hydrogen-bond donors (Lipinski definition) is 0. The first-order chi connectivity index (χ1) is 7.68. The topological polar surface area (TPSA) is 30.0 Å². The molecule has 0 fully saturated rings. The molecule has 2 aromatic rings. The Morgan fingerprint density at radius 3 is 2.56 bits per heavy atom. The van der Waals surface area contributed by atoms with Crippen LogP contribution < -0.4 is 0 Å². The van der Waals surface area contributed by atoms with Crippen LogP contribution in [0.1, 0.15) is 21.6 Å². The van der Waals surface area contributed by atoms with E-state index in [2.05, 4.69) is 27.6 Å². The Balaban J connectivity index is 2.40. The highest BCUT2D eigenvalue weighted by Gasteiger charge is 2.11.